The van der Waals surface area contributed by atoms with Crippen LogP contribution in [0.3, 0.4) is 0 Å². The molecule has 1 aliphatic rings. The summed E-state index contributed by atoms with van der Waals surface area (Å²) in [5.41, 5.74) is 2.66. The van der Waals surface area contributed by atoms with Gasteiger partial charge in [-0.15, -0.1) is 0 Å². The summed E-state index contributed by atoms with van der Waals surface area (Å²) in [6.45, 7) is 6.44. The van der Waals surface area contributed by atoms with Crippen molar-refractivity contribution in [3.63, 3.8) is 0 Å². The summed E-state index contributed by atoms with van der Waals surface area (Å²) in [5.74, 6) is -0.112. The van der Waals surface area contributed by atoms with E-state index >= 15 is 0 Å². The zero-order chi connectivity index (χ0) is 19.2. The summed E-state index contributed by atoms with van der Waals surface area (Å²) >= 11 is 0. The molecule has 0 aliphatic carbocycles. The van der Waals surface area contributed by atoms with E-state index in [0.29, 0.717) is 19.0 Å². The highest BCUT2D eigenvalue weighted by Gasteiger charge is 2.27. The van der Waals surface area contributed by atoms with Crippen LogP contribution >= 0.6 is 0 Å². The third kappa shape index (κ3) is 4.98. The van der Waals surface area contributed by atoms with Gasteiger partial charge < -0.3 is 15.1 Å². The lowest BCUT2D eigenvalue weighted by molar-refractivity contribution is -0.139. The molecule has 2 heterocycles. The fraction of sp³-hybridized carbons (Fsp3) is 0.429. The number of rotatable bonds is 6. The molecular formula is C21H27N3O3. The van der Waals surface area contributed by atoms with Crippen molar-refractivity contribution in [2.24, 2.45) is 5.92 Å². The molecule has 1 atom stereocenters. The molecule has 2 N–H and O–H groups in total. The van der Waals surface area contributed by atoms with Gasteiger partial charge in [0.15, 0.2) is 0 Å². The Morgan fingerprint density at radius 3 is 2.41 bits per heavy atom. The van der Waals surface area contributed by atoms with Crippen molar-refractivity contribution in [1.29, 1.82) is 0 Å². The van der Waals surface area contributed by atoms with Crippen LogP contribution in [0.5, 0.6) is 0 Å². The van der Waals surface area contributed by atoms with Gasteiger partial charge in [-0.2, -0.15) is 0 Å². The number of carbonyl (C=O) groups excluding carboxylic acids is 2. The van der Waals surface area contributed by atoms with E-state index in [4.69, 9.17) is 4.42 Å². The predicted molar refractivity (Wildman–Crippen MR) is 103 cm³/mol. The lowest BCUT2D eigenvalue weighted by Gasteiger charge is -2.34. The number of carbonyl (C=O) groups is 2. The molecule has 0 radical (unpaired) electrons. The molecule has 0 bridgehead atoms. The number of furan rings is 1. The van der Waals surface area contributed by atoms with Crippen LogP contribution < -0.4 is 10.6 Å². The molecule has 6 nitrogen and oxygen atoms in total. The van der Waals surface area contributed by atoms with Crippen molar-refractivity contribution in [2.45, 2.75) is 32.9 Å². The molecule has 0 saturated carbocycles. The van der Waals surface area contributed by atoms with Crippen molar-refractivity contribution in [3.05, 3.63) is 59.5 Å². The van der Waals surface area contributed by atoms with E-state index < -0.39 is 11.8 Å². The first-order valence-electron chi connectivity index (χ1n) is 9.45. The van der Waals surface area contributed by atoms with E-state index in [2.05, 4.69) is 33.7 Å². The van der Waals surface area contributed by atoms with Crippen molar-refractivity contribution in [2.75, 3.05) is 19.6 Å². The maximum Gasteiger partial charge on any atom is 0.309 e. The van der Waals surface area contributed by atoms with Crippen LogP contribution in [0.15, 0.2) is 47.1 Å². The summed E-state index contributed by atoms with van der Waals surface area (Å²) in [5, 5.41) is 5.41. The molecule has 0 unspecified atom stereocenters. The van der Waals surface area contributed by atoms with Crippen LogP contribution in [0.1, 0.15) is 36.8 Å². The number of benzene rings is 1. The summed E-state index contributed by atoms with van der Waals surface area (Å²) in [6.07, 6.45) is 2.59. The lowest BCUT2D eigenvalue weighted by atomic mass is 9.98. The summed E-state index contributed by atoms with van der Waals surface area (Å²) in [4.78, 5) is 26.3. The van der Waals surface area contributed by atoms with Crippen LogP contribution in [0.4, 0.5) is 0 Å². The topological polar surface area (TPSA) is 74.6 Å². The quantitative estimate of drug-likeness (QED) is 0.766. The summed E-state index contributed by atoms with van der Waals surface area (Å²) in [7, 11) is 0. The van der Waals surface area contributed by atoms with E-state index in [1.807, 2.05) is 32.0 Å². The molecule has 0 fully saturated rings. The lowest BCUT2D eigenvalue weighted by Crippen LogP contribution is -2.45. The molecule has 144 valence electrons. The van der Waals surface area contributed by atoms with Gasteiger partial charge in [0.2, 0.25) is 0 Å². The largest absolute Gasteiger partial charge is 0.468 e. The molecule has 1 aromatic carbocycles. The third-order valence-corrected chi connectivity index (χ3v) is 4.81. The highest BCUT2D eigenvalue weighted by atomic mass is 16.3. The molecule has 2 aromatic rings. The SMILES string of the molecule is CC(C)CNC(=O)C(=O)NC[C@H](c1ccco1)N1CCc2ccccc2C1. The Hall–Kier alpha value is -2.60. The molecule has 0 saturated heterocycles. The first-order valence-corrected chi connectivity index (χ1v) is 9.45. The Morgan fingerprint density at radius 2 is 1.74 bits per heavy atom. The van der Waals surface area contributed by atoms with Gasteiger partial charge in [0.25, 0.3) is 0 Å². The third-order valence-electron chi connectivity index (χ3n) is 4.81. The predicted octanol–water partition coefficient (Wildman–Crippen LogP) is 2.27. The Bertz CT molecular complexity index is 771. The van der Waals surface area contributed by atoms with Crippen molar-refractivity contribution in [1.82, 2.24) is 15.5 Å². The van der Waals surface area contributed by atoms with Gasteiger partial charge in [-0.25, -0.2) is 0 Å². The zero-order valence-corrected chi connectivity index (χ0v) is 15.9. The highest BCUT2D eigenvalue weighted by Crippen LogP contribution is 2.27. The maximum absolute atomic E-state index is 12.1. The molecule has 0 spiro atoms. The van der Waals surface area contributed by atoms with Gasteiger partial charge in [0.1, 0.15) is 5.76 Å². The molecular weight excluding hydrogens is 342 g/mol. The van der Waals surface area contributed by atoms with E-state index in [0.717, 1.165) is 25.3 Å². The maximum atomic E-state index is 12.1. The van der Waals surface area contributed by atoms with Gasteiger partial charge in [0, 0.05) is 26.2 Å². The van der Waals surface area contributed by atoms with E-state index in [-0.39, 0.29) is 6.04 Å². The van der Waals surface area contributed by atoms with E-state index in [1.54, 1.807) is 6.26 Å². The van der Waals surface area contributed by atoms with E-state index in [1.165, 1.54) is 11.1 Å². The highest BCUT2D eigenvalue weighted by molar-refractivity contribution is 6.35. The molecule has 2 amide bonds. The smallest absolute Gasteiger partial charge is 0.309 e. The second kappa shape index (κ2) is 8.86. The summed E-state index contributed by atoms with van der Waals surface area (Å²) in [6, 6.07) is 12.1. The molecule has 27 heavy (non-hydrogen) atoms. The normalized spacial score (nSPS) is 15.2. The standard InChI is InChI=1S/C21H27N3O3/c1-15(2)12-22-20(25)21(26)23-13-18(19-8-5-11-27-19)24-10-9-16-6-3-4-7-17(16)14-24/h3-8,11,15,18H,9-10,12-14H2,1-2H3,(H,22,25)(H,23,26)/t18-/m1/s1. The van der Waals surface area contributed by atoms with Gasteiger partial charge >= 0.3 is 11.8 Å². The number of nitrogens with zero attached hydrogens (tertiary/aromatic N) is 1. The molecule has 1 aromatic heterocycles. The Morgan fingerprint density at radius 1 is 1.04 bits per heavy atom. The van der Waals surface area contributed by atoms with Gasteiger partial charge in [-0.3, -0.25) is 14.5 Å². The molecule has 1 aliphatic heterocycles. The zero-order valence-electron chi connectivity index (χ0n) is 15.9. The van der Waals surface area contributed by atoms with Crippen LogP contribution in [0, 0.1) is 5.92 Å². The van der Waals surface area contributed by atoms with Crippen LogP contribution in [0.25, 0.3) is 0 Å². The Kier molecular flexibility index (Phi) is 6.29. The van der Waals surface area contributed by atoms with Crippen molar-refractivity contribution < 1.29 is 14.0 Å². The summed E-state index contributed by atoms with van der Waals surface area (Å²) < 4.78 is 5.62. The average molecular weight is 369 g/mol. The first-order chi connectivity index (χ1) is 13.0. The number of fused-ring (bicyclic) bond motifs is 1. The molecule has 3 rings (SSSR count). The van der Waals surface area contributed by atoms with Crippen LogP contribution in [0.2, 0.25) is 0 Å². The first kappa shape index (κ1) is 19.2. The van der Waals surface area contributed by atoms with Crippen LogP contribution in [-0.4, -0.2) is 36.3 Å². The molecule has 6 heteroatoms. The minimum Gasteiger partial charge on any atom is -0.468 e. The van der Waals surface area contributed by atoms with Gasteiger partial charge in [-0.1, -0.05) is 38.1 Å². The number of amides is 2. The Labute approximate surface area is 159 Å². The fourth-order valence-electron chi connectivity index (χ4n) is 3.32. The second-order valence-electron chi connectivity index (χ2n) is 7.33. The minimum absolute atomic E-state index is 0.116. The van der Waals surface area contributed by atoms with Crippen molar-refractivity contribution in [3.8, 4) is 0 Å². The van der Waals surface area contributed by atoms with E-state index in [9.17, 15) is 9.59 Å². The number of hydrogen-bond donors (Lipinski definition) is 2. The second-order valence-corrected chi connectivity index (χ2v) is 7.33. The number of nitrogens with one attached hydrogen (secondary N) is 2. The Balaban J connectivity index is 1.65. The van der Waals surface area contributed by atoms with Crippen molar-refractivity contribution >= 4 is 11.8 Å². The number of hydrogen-bond acceptors (Lipinski definition) is 4. The van der Waals surface area contributed by atoms with Gasteiger partial charge in [-0.05, 0) is 35.6 Å². The van der Waals surface area contributed by atoms with Gasteiger partial charge in [0.05, 0.1) is 12.3 Å². The minimum atomic E-state index is -0.607. The monoisotopic (exact) mass is 369 g/mol. The fourth-order valence-corrected chi connectivity index (χ4v) is 3.32. The average Bonchev–Trinajstić information content (AvgIpc) is 3.20. The van der Waals surface area contributed by atoms with Crippen LogP contribution in [-0.2, 0) is 22.6 Å².